The minimum absolute atomic E-state index is 0.0526. The summed E-state index contributed by atoms with van der Waals surface area (Å²) in [5.74, 6) is -1.48. The van der Waals surface area contributed by atoms with Crippen molar-refractivity contribution < 1.29 is 31.7 Å². The molecule has 0 heterocycles. The zero-order valence-electron chi connectivity index (χ0n) is 13.8. The second kappa shape index (κ2) is 8.60. The van der Waals surface area contributed by atoms with Crippen molar-refractivity contribution >= 4 is 22.1 Å². The van der Waals surface area contributed by atoms with Crippen LogP contribution in [0.3, 0.4) is 0 Å². The Morgan fingerprint density at radius 1 is 1.12 bits per heavy atom. The highest BCUT2D eigenvalue weighted by Gasteiger charge is 2.25. The molecule has 1 rings (SSSR count). The van der Waals surface area contributed by atoms with E-state index in [1.165, 1.54) is 26.0 Å². The van der Waals surface area contributed by atoms with Gasteiger partial charge in [-0.1, -0.05) is 24.3 Å². The molecule has 0 aliphatic carbocycles. The summed E-state index contributed by atoms with van der Waals surface area (Å²) < 4.78 is 38.4. The third-order valence-electron chi connectivity index (χ3n) is 2.82. The average Bonchev–Trinajstić information content (AvgIpc) is 2.50. The van der Waals surface area contributed by atoms with Crippen LogP contribution in [0.2, 0.25) is 0 Å². The predicted molar refractivity (Wildman–Crippen MR) is 85.6 cm³/mol. The van der Waals surface area contributed by atoms with Crippen LogP contribution in [0.1, 0.15) is 19.4 Å². The van der Waals surface area contributed by atoms with E-state index >= 15 is 0 Å². The molecule has 0 saturated heterocycles. The fraction of sp³-hybridized carbons (Fsp3) is 0.375. The van der Waals surface area contributed by atoms with E-state index in [1.807, 2.05) is 6.92 Å². The van der Waals surface area contributed by atoms with Gasteiger partial charge in [-0.05, 0) is 32.9 Å². The molecule has 0 saturated carbocycles. The van der Waals surface area contributed by atoms with Crippen LogP contribution in [0.4, 0.5) is 0 Å². The van der Waals surface area contributed by atoms with Gasteiger partial charge in [0.15, 0.2) is 6.10 Å². The Labute approximate surface area is 141 Å². The van der Waals surface area contributed by atoms with Crippen molar-refractivity contribution in [3.05, 3.63) is 42.0 Å². The van der Waals surface area contributed by atoms with E-state index in [4.69, 9.17) is 13.7 Å². The molecule has 0 bridgehead atoms. The lowest BCUT2D eigenvalue weighted by Gasteiger charge is -2.13. The fourth-order valence-electron chi connectivity index (χ4n) is 1.51. The number of benzene rings is 1. The highest BCUT2D eigenvalue weighted by molar-refractivity contribution is 7.86. The van der Waals surface area contributed by atoms with Gasteiger partial charge >= 0.3 is 11.9 Å². The summed E-state index contributed by atoms with van der Waals surface area (Å²) in [6.45, 7) is 7.59. The van der Waals surface area contributed by atoms with Crippen LogP contribution < -0.4 is 0 Å². The van der Waals surface area contributed by atoms with Crippen molar-refractivity contribution in [2.75, 3.05) is 13.2 Å². The van der Waals surface area contributed by atoms with Gasteiger partial charge in [-0.25, -0.2) is 9.59 Å². The van der Waals surface area contributed by atoms with Gasteiger partial charge in [-0.2, -0.15) is 8.42 Å². The third-order valence-corrected chi connectivity index (χ3v) is 4.21. The molecule has 0 spiro atoms. The number of carbonyl (C=O) groups excluding carboxylic acids is 2. The van der Waals surface area contributed by atoms with Gasteiger partial charge in [0.1, 0.15) is 13.2 Å². The smallest absolute Gasteiger partial charge is 0.336 e. The maximum Gasteiger partial charge on any atom is 0.336 e. The molecule has 0 radical (unpaired) electrons. The van der Waals surface area contributed by atoms with Crippen LogP contribution in [0.25, 0.3) is 0 Å². The number of esters is 2. The van der Waals surface area contributed by atoms with Gasteiger partial charge < -0.3 is 9.47 Å². The number of carbonyl (C=O) groups is 2. The summed E-state index contributed by atoms with van der Waals surface area (Å²) in [6, 6.07) is 6.02. The summed E-state index contributed by atoms with van der Waals surface area (Å²) in [4.78, 5) is 22.8. The molecule has 1 aromatic rings. The first kappa shape index (κ1) is 19.9. The average molecular weight is 356 g/mol. The molecular weight excluding hydrogens is 336 g/mol. The standard InChI is InChI=1S/C16H20O7S/c1-11(2)15(17)21-9-10-22-16(18)13(4)23-24(19,20)14-7-5-12(3)6-8-14/h5-8,13H,1,9-10H2,2-4H3. The molecule has 0 aromatic heterocycles. The van der Waals surface area contributed by atoms with Crippen molar-refractivity contribution in [1.29, 1.82) is 0 Å². The lowest BCUT2D eigenvalue weighted by molar-refractivity contribution is -0.155. The Hall–Kier alpha value is -2.19. The van der Waals surface area contributed by atoms with Gasteiger partial charge in [0.25, 0.3) is 10.1 Å². The van der Waals surface area contributed by atoms with E-state index in [-0.39, 0.29) is 23.7 Å². The number of hydrogen-bond donors (Lipinski definition) is 0. The number of ether oxygens (including phenoxy) is 2. The molecule has 0 N–H and O–H groups in total. The van der Waals surface area contributed by atoms with Gasteiger partial charge in [0, 0.05) is 5.57 Å². The fourth-order valence-corrected chi connectivity index (χ4v) is 2.55. The first-order valence-corrected chi connectivity index (χ1v) is 8.53. The van der Waals surface area contributed by atoms with E-state index in [0.717, 1.165) is 5.56 Å². The largest absolute Gasteiger partial charge is 0.460 e. The van der Waals surface area contributed by atoms with E-state index < -0.39 is 28.2 Å². The predicted octanol–water partition coefficient (Wildman–Crippen LogP) is 1.75. The Morgan fingerprint density at radius 2 is 1.67 bits per heavy atom. The molecule has 132 valence electrons. The molecule has 8 heteroatoms. The van der Waals surface area contributed by atoms with Gasteiger partial charge in [-0.3, -0.25) is 4.18 Å². The monoisotopic (exact) mass is 356 g/mol. The number of hydrogen-bond acceptors (Lipinski definition) is 7. The van der Waals surface area contributed by atoms with E-state index in [0.29, 0.717) is 0 Å². The molecule has 1 unspecified atom stereocenters. The Bertz CT molecular complexity index is 704. The van der Waals surface area contributed by atoms with Crippen molar-refractivity contribution in [1.82, 2.24) is 0 Å². The first-order chi connectivity index (χ1) is 11.1. The lowest BCUT2D eigenvalue weighted by atomic mass is 10.2. The van der Waals surface area contributed by atoms with Gasteiger partial charge in [0.05, 0.1) is 4.90 Å². The van der Waals surface area contributed by atoms with Crippen LogP contribution in [-0.2, 0) is 33.4 Å². The maximum absolute atomic E-state index is 12.0. The minimum atomic E-state index is -4.07. The van der Waals surface area contributed by atoms with E-state index in [9.17, 15) is 18.0 Å². The topological polar surface area (TPSA) is 96.0 Å². The molecule has 7 nitrogen and oxygen atoms in total. The molecule has 1 atom stereocenters. The Morgan fingerprint density at radius 3 is 2.21 bits per heavy atom. The Balaban J connectivity index is 2.50. The summed E-state index contributed by atoms with van der Waals surface area (Å²) in [5.41, 5.74) is 1.12. The molecule has 24 heavy (non-hydrogen) atoms. The normalized spacial score (nSPS) is 12.3. The van der Waals surface area contributed by atoms with Crippen LogP contribution in [0, 0.1) is 6.92 Å². The summed E-state index contributed by atoms with van der Waals surface area (Å²) in [7, 11) is -4.07. The first-order valence-electron chi connectivity index (χ1n) is 7.12. The highest BCUT2D eigenvalue weighted by Crippen LogP contribution is 2.15. The molecule has 0 aliphatic heterocycles. The zero-order valence-corrected chi connectivity index (χ0v) is 14.6. The maximum atomic E-state index is 12.0. The summed E-state index contributed by atoms with van der Waals surface area (Å²) in [6.07, 6.45) is -1.33. The molecule has 1 aromatic carbocycles. The Kier molecular flexibility index (Phi) is 7.12. The van der Waals surface area contributed by atoms with Crippen LogP contribution in [-0.4, -0.2) is 39.7 Å². The summed E-state index contributed by atoms with van der Waals surface area (Å²) >= 11 is 0. The summed E-state index contributed by atoms with van der Waals surface area (Å²) in [5, 5.41) is 0. The minimum Gasteiger partial charge on any atom is -0.460 e. The van der Waals surface area contributed by atoms with Gasteiger partial charge in [0.2, 0.25) is 0 Å². The second-order valence-corrected chi connectivity index (χ2v) is 6.66. The zero-order chi connectivity index (χ0) is 18.3. The van der Waals surface area contributed by atoms with E-state index in [2.05, 4.69) is 6.58 Å². The van der Waals surface area contributed by atoms with Crippen LogP contribution >= 0.6 is 0 Å². The molecular formula is C16H20O7S. The van der Waals surface area contributed by atoms with Crippen molar-refractivity contribution in [3.63, 3.8) is 0 Å². The van der Waals surface area contributed by atoms with Crippen molar-refractivity contribution in [3.8, 4) is 0 Å². The third kappa shape index (κ3) is 6.13. The second-order valence-electron chi connectivity index (χ2n) is 5.09. The molecule has 0 fully saturated rings. The molecule has 0 amide bonds. The van der Waals surface area contributed by atoms with Crippen LogP contribution in [0.15, 0.2) is 41.3 Å². The SMILES string of the molecule is C=C(C)C(=O)OCCOC(=O)C(C)OS(=O)(=O)c1ccc(C)cc1. The lowest BCUT2D eigenvalue weighted by Crippen LogP contribution is -2.27. The van der Waals surface area contributed by atoms with Crippen molar-refractivity contribution in [2.24, 2.45) is 0 Å². The quantitative estimate of drug-likeness (QED) is 0.303. The van der Waals surface area contributed by atoms with E-state index in [1.54, 1.807) is 12.1 Å². The highest BCUT2D eigenvalue weighted by atomic mass is 32.2. The molecule has 0 aliphatic rings. The number of aryl methyl sites for hydroxylation is 1. The number of rotatable bonds is 8. The van der Waals surface area contributed by atoms with Gasteiger partial charge in [-0.15, -0.1) is 0 Å². The van der Waals surface area contributed by atoms with Crippen molar-refractivity contribution in [2.45, 2.75) is 31.8 Å². The van der Waals surface area contributed by atoms with Crippen LogP contribution in [0.5, 0.6) is 0 Å².